The molecule has 15 heavy (non-hydrogen) atoms. The van der Waals surface area contributed by atoms with Crippen molar-refractivity contribution in [2.75, 3.05) is 0 Å². The Morgan fingerprint density at radius 3 is 2.53 bits per heavy atom. The third-order valence-electron chi connectivity index (χ3n) is 2.17. The lowest BCUT2D eigenvalue weighted by Crippen LogP contribution is -2.07. The Balaban J connectivity index is 2.76. The third kappa shape index (κ3) is 4.63. The average Bonchev–Trinajstić information content (AvgIpc) is 2.20. The molecule has 0 N–H and O–H groups in total. The maximum atomic E-state index is 5.76. The fourth-order valence-corrected chi connectivity index (χ4v) is 3.50. The summed E-state index contributed by atoms with van der Waals surface area (Å²) in [7, 11) is 0. The summed E-state index contributed by atoms with van der Waals surface area (Å²) >= 11 is 7.11. The minimum absolute atomic E-state index is 0.344. The molecule has 1 aromatic carbocycles. The number of hydrogen-bond donors (Lipinski definition) is 0. The fourth-order valence-electron chi connectivity index (χ4n) is 1.06. The first kappa shape index (κ1) is 14.4. The van der Waals surface area contributed by atoms with Gasteiger partial charge in [-0.2, -0.15) is 0 Å². The van der Waals surface area contributed by atoms with Gasteiger partial charge in [0, 0.05) is 10.7 Å². The zero-order valence-corrected chi connectivity index (χ0v) is 15.2. The van der Waals surface area contributed by atoms with Crippen LogP contribution in [0.1, 0.15) is 25.8 Å². The van der Waals surface area contributed by atoms with E-state index < -0.39 is 0 Å². The predicted octanol–water partition coefficient (Wildman–Crippen LogP) is 4.82. The fraction of sp³-hybridized carbons (Fsp3) is 0.455. The van der Waals surface area contributed by atoms with Crippen LogP contribution in [0.4, 0.5) is 0 Å². The SMILES string of the molecule is CCC(C)OCc1cc(I)cc(I)c1I. The standard InChI is InChI=1S/C11H13I3O/c1-3-7(2)15-6-8-4-9(12)5-10(13)11(8)14/h4-5,7H,3,6H2,1-2H3. The molecule has 1 aromatic rings. The van der Waals surface area contributed by atoms with Crippen LogP contribution in [-0.2, 0) is 11.3 Å². The molecule has 0 fully saturated rings. The highest BCUT2D eigenvalue weighted by atomic mass is 127. The Kier molecular flexibility index (Phi) is 6.69. The second kappa shape index (κ2) is 6.95. The van der Waals surface area contributed by atoms with E-state index in [1.807, 2.05) is 0 Å². The molecule has 0 saturated heterocycles. The van der Waals surface area contributed by atoms with Gasteiger partial charge in [-0.25, -0.2) is 0 Å². The van der Waals surface area contributed by atoms with Crippen molar-refractivity contribution < 1.29 is 4.74 Å². The van der Waals surface area contributed by atoms with E-state index >= 15 is 0 Å². The molecular formula is C11H13I3O. The summed E-state index contributed by atoms with van der Waals surface area (Å²) in [5.41, 5.74) is 1.30. The van der Waals surface area contributed by atoms with Crippen LogP contribution in [0.5, 0.6) is 0 Å². The van der Waals surface area contributed by atoms with Gasteiger partial charge in [-0.15, -0.1) is 0 Å². The Hall–Kier alpha value is 1.37. The van der Waals surface area contributed by atoms with E-state index in [9.17, 15) is 0 Å². The van der Waals surface area contributed by atoms with E-state index in [4.69, 9.17) is 4.74 Å². The average molecular weight is 542 g/mol. The molecule has 0 bridgehead atoms. The van der Waals surface area contributed by atoms with Crippen LogP contribution in [0.3, 0.4) is 0 Å². The second-order valence-corrected chi connectivity index (χ2v) is 6.88. The van der Waals surface area contributed by atoms with Gasteiger partial charge >= 0.3 is 0 Å². The van der Waals surface area contributed by atoms with Crippen molar-refractivity contribution in [3.8, 4) is 0 Å². The number of benzene rings is 1. The molecule has 84 valence electrons. The van der Waals surface area contributed by atoms with Crippen molar-refractivity contribution in [2.45, 2.75) is 33.0 Å². The molecule has 0 aromatic heterocycles. The van der Waals surface area contributed by atoms with Gasteiger partial charge in [0.25, 0.3) is 0 Å². The number of rotatable bonds is 4. The maximum Gasteiger partial charge on any atom is 0.0731 e. The minimum atomic E-state index is 0.344. The Labute approximate surface area is 132 Å². The molecule has 0 heterocycles. The second-order valence-electron chi connectivity index (χ2n) is 3.39. The van der Waals surface area contributed by atoms with Crippen LogP contribution in [-0.4, -0.2) is 6.10 Å². The van der Waals surface area contributed by atoms with E-state index in [1.54, 1.807) is 0 Å². The Morgan fingerprint density at radius 1 is 1.27 bits per heavy atom. The van der Waals surface area contributed by atoms with Crippen molar-refractivity contribution in [2.24, 2.45) is 0 Å². The van der Waals surface area contributed by atoms with Gasteiger partial charge in [0.2, 0.25) is 0 Å². The first-order valence-electron chi connectivity index (χ1n) is 4.79. The number of hydrogen-bond acceptors (Lipinski definition) is 1. The van der Waals surface area contributed by atoms with E-state index in [0.717, 1.165) is 13.0 Å². The number of ether oxygens (including phenoxy) is 1. The summed E-state index contributed by atoms with van der Waals surface area (Å²) in [4.78, 5) is 0. The Morgan fingerprint density at radius 2 is 1.93 bits per heavy atom. The van der Waals surface area contributed by atoms with Gasteiger partial charge in [-0.3, -0.25) is 0 Å². The van der Waals surface area contributed by atoms with Crippen molar-refractivity contribution in [3.05, 3.63) is 28.4 Å². The van der Waals surface area contributed by atoms with Crippen LogP contribution in [0.15, 0.2) is 12.1 Å². The first-order chi connectivity index (χ1) is 7.04. The Bertz CT molecular complexity index is 339. The van der Waals surface area contributed by atoms with Crippen LogP contribution in [0.25, 0.3) is 0 Å². The molecular weight excluding hydrogens is 529 g/mol. The van der Waals surface area contributed by atoms with E-state index in [1.165, 1.54) is 16.3 Å². The molecule has 0 amide bonds. The maximum absolute atomic E-state index is 5.76. The molecule has 0 aliphatic heterocycles. The van der Waals surface area contributed by atoms with Crippen LogP contribution >= 0.6 is 67.8 Å². The summed E-state index contributed by atoms with van der Waals surface area (Å²) in [6.07, 6.45) is 1.41. The van der Waals surface area contributed by atoms with Gasteiger partial charge in [0.1, 0.15) is 0 Å². The number of halogens is 3. The molecule has 1 unspecified atom stereocenters. The van der Waals surface area contributed by atoms with E-state index in [-0.39, 0.29) is 0 Å². The van der Waals surface area contributed by atoms with Gasteiger partial charge in [-0.05, 0) is 98.8 Å². The van der Waals surface area contributed by atoms with Gasteiger partial charge < -0.3 is 4.74 Å². The normalized spacial score (nSPS) is 12.9. The van der Waals surface area contributed by atoms with Gasteiger partial charge in [-0.1, -0.05) is 6.92 Å². The van der Waals surface area contributed by atoms with Crippen molar-refractivity contribution in [3.63, 3.8) is 0 Å². The molecule has 1 nitrogen and oxygen atoms in total. The highest BCUT2D eigenvalue weighted by Gasteiger charge is 2.07. The van der Waals surface area contributed by atoms with Crippen LogP contribution in [0, 0.1) is 10.7 Å². The molecule has 4 heteroatoms. The third-order valence-corrected chi connectivity index (χ3v) is 5.95. The summed E-state index contributed by atoms with van der Waals surface area (Å²) in [6.45, 7) is 4.99. The highest BCUT2D eigenvalue weighted by molar-refractivity contribution is 14.1. The van der Waals surface area contributed by atoms with Crippen LogP contribution in [0.2, 0.25) is 0 Å². The predicted molar refractivity (Wildman–Crippen MR) is 89.1 cm³/mol. The molecule has 0 spiro atoms. The molecule has 0 saturated carbocycles. The lowest BCUT2D eigenvalue weighted by molar-refractivity contribution is 0.0504. The summed E-state index contributed by atoms with van der Waals surface area (Å²) < 4.78 is 9.66. The van der Waals surface area contributed by atoms with Crippen LogP contribution < -0.4 is 0 Å². The summed E-state index contributed by atoms with van der Waals surface area (Å²) in [5, 5.41) is 0. The molecule has 1 atom stereocenters. The summed E-state index contributed by atoms with van der Waals surface area (Å²) in [6, 6.07) is 4.39. The summed E-state index contributed by atoms with van der Waals surface area (Å²) in [5.74, 6) is 0. The highest BCUT2D eigenvalue weighted by Crippen LogP contribution is 2.23. The largest absolute Gasteiger partial charge is 0.374 e. The zero-order chi connectivity index (χ0) is 11.4. The monoisotopic (exact) mass is 542 g/mol. The smallest absolute Gasteiger partial charge is 0.0731 e. The zero-order valence-electron chi connectivity index (χ0n) is 8.69. The molecule has 0 radical (unpaired) electrons. The van der Waals surface area contributed by atoms with Gasteiger partial charge in [0.05, 0.1) is 12.7 Å². The van der Waals surface area contributed by atoms with Crippen molar-refractivity contribution in [1.82, 2.24) is 0 Å². The topological polar surface area (TPSA) is 9.23 Å². The van der Waals surface area contributed by atoms with Gasteiger partial charge in [0.15, 0.2) is 0 Å². The minimum Gasteiger partial charge on any atom is -0.374 e. The van der Waals surface area contributed by atoms with E-state index in [0.29, 0.717) is 6.10 Å². The first-order valence-corrected chi connectivity index (χ1v) is 8.03. The quantitative estimate of drug-likeness (QED) is 0.393. The van der Waals surface area contributed by atoms with E-state index in [2.05, 4.69) is 93.8 Å². The van der Waals surface area contributed by atoms with Crippen molar-refractivity contribution in [1.29, 1.82) is 0 Å². The molecule has 0 aliphatic rings. The molecule has 0 aliphatic carbocycles. The van der Waals surface area contributed by atoms with Crippen molar-refractivity contribution >= 4 is 67.8 Å². The molecule has 1 rings (SSSR count). The lowest BCUT2D eigenvalue weighted by Gasteiger charge is -2.12. The lowest BCUT2D eigenvalue weighted by atomic mass is 10.2.